The quantitative estimate of drug-likeness (QED) is 0.792. The van der Waals surface area contributed by atoms with Gasteiger partial charge in [-0.05, 0) is 39.8 Å². The number of hydrogen-bond acceptors (Lipinski definition) is 6. The van der Waals surface area contributed by atoms with Gasteiger partial charge in [0.05, 0.1) is 5.56 Å². The number of carbonyl (C=O) groups is 1. The third-order valence-corrected chi connectivity index (χ3v) is 3.82. The van der Waals surface area contributed by atoms with Crippen molar-refractivity contribution in [3.63, 3.8) is 0 Å². The first kappa shape index (κ1) is 17.2. The highest BCUT2D eigenvalue weighted by Gasteiger charge is 2.29. The van der Waals surface area contributed by atoms with E-state index in [1.165, 1.54) is 0 Å². The van der Waals surface area contributed by atoms with E-state index in [2.05, 4.69) is 20.9 Å². The number of rotatable bonds is 3. The van der Waals surface area contributed by atoms with Crippen molar-refractivity contribution in [2.45, 2.75) is 39.3 Å². The number of nitriles is 1. The minimum atomic E-state index is -0.469. The van der Waals surface area contributed by atoms with Gasteiger partial charge in [0, 0.05) is 32.4 Å². The maximum Gasteiger partial charge on any atom is 0.323 e. The monoisotopic (exact) mass is 316 g/mol. The topological polar surface area (TPSA) is 69.5 Å². The van der Waals surface area contributed by atoms with Crippen molar-refractivity contribution in [2.75, 3.05) is 31.1 Å². The molecule has 23 heavy (non-hydrogen) atoms. The smallest absolute Gasteiger partial charge is 0.323 e. The molecule has 0 aromatic carbocycles. The zero-order chi connectivity index (χ0) is 17.0. The normalized spacial score (nSPS) is 17.4. The van der Waals surface area contributed by atoms with Gasteiger partial charge >= 0.3 is 5.97 Å². The van der Waals surface area contributed by atoms with E-state index >= 15 is 0 Å². The molecule has 0 aliphatic carbocycles. The Morgan fingerprint density at radius 3 is 2.57 bits per heavy atom. The molecular formula is C17H24N4O2. The molecule has 1 aromatic heterocycles. The highest BCUT2D eigenvalue weighted by Crippen LogP contribution is 2.19. The van der Waals surface area contributed by atoms with Gasteiger partial charge in [-0.15, -0.1) is 0 Å². The zero-order valence-corrected chi connectivity index (χ0v) is 14.2. The number of pyridine rings is 1. The molecule has 1 saturated heterocycles. The summed E-state index contributed by atoms with van der Waals surface area (Å²) in [5, 5.41) is 9.18. The minimum Gasteiger partial charge on any atom is -0.459 e. The average Bonchev–Trinajstić information content (AvgIpc) is 2.52. The predicted octanol–water partition coefficient (Wildman–Crippen LogP) is 1.81. The molecule has 6 nitrogen and oxygen atoms in total. The molecule has 0 saturated carbocycles. The maximum atomic E-state index is 12.2. The van der Waals surface area contributed by atoms with E-state index in [0.29, 0.717) is 5.56 Å². The van der Waals surface area contributed by atoms with E-state index in [1.54, 1.807) is 18.3 Å². The van der Waals surface area contributed by atoms with E-state index in [0.717, 1.165) is 32.0 Å². The molecule has 6 heteroatoms. The number of carbonyl (C=O) groups excluding carboxylic acids is 1. The molecule has 124 valence electrons. The van der Waals surface area contributed by atoms with Crippen molar-refractivity contribution >= 4 is 11.8 Å². The van der Waals surface area contributed by atoms with Crippen LogP contribution in [0.2, 0.25) is 0 Å². The van der Waals surface area contributed by atoms with Gasteiger partial charge < -0.3 is 9.64 Å². The highest BCUT2D eigenvalue weighted by atomic mass is 16.6. The van der Waals surface area contributed by atoms with Crippen molar-refractivity contribution in [3.05, 3.63) is 23.9 Å². The van der Waals surface area contributed by atoms with Crippen LogP contribution >= 0.6 is 0 Å². The Kier molecular flexibility index (Phi) is 5.22. The van der Waals surface area contributed by atoms with Gasteiger partial charge in [-0.1, -0.05) is 0 Å². The molecule has 2 rings (SSSR count). The number of anilines is 1. The SMILES string of the molecule is C[C@@H](C(=O)OC(C)(C)C)N1CCN(c2ncccc2C#N)CC1. The summed E-state index contributed by atoms with van der Waals surface area (Å²) in [5.41, 5.74) is 0.115. The lowest BCUT2D eigenvalue weighted by Gasteiger charge is -2.38. The summed E-state index contributed by atoms with van der Waals surface area (Å²) in [5.74, 6) is 0.529. The van der Waals surface area contributed by atoms with Gasteiger partial charge in [-0.2, -0.15) is 5.26 Å². The summed E-state index contributed by atoms with van der Waals surface area (Å²) in [6, 6.07) is 5.45. The lowest BCUT2D eigenvalue weighted by Crippen LogP contribution is -2.53. The largest absolute Gasteiger partial charge is 0.459 e. The summed E-state index contributed by atoms with van der Waals surface area (Å²) < 4.78 is 5.45. The Hall–Kier alpha value is -2.13. The van der Waals surface area contributed by atoms with E-state index in [9.17, 15) is 10.1 Å². The van der Waals surface area contributed by atoms with E-state index in [4.69, 9.17) is 4.74 Å². The summed E-state index contributed by atoms with van der Waals surface area (Å²) in [6.07, 6.45) is 1.70. The second kappa shape index (κ2) is 6.97. The number of hydrogen-bond donors (Lipinski definition) is 0. The number of piperazine rings is 1. The molecule has 0 amide bonds. The minimum absolute atomic E-state index is 0.193. The van der Waals surface area contributed by atoms with Crippen molar-refractivity contribution in [2.24, 2.45) is 0 Å². The van der Waals surface area contributed by atoms with Crippen LogP contribution in [0.15, 0.2) is 18.3 Å². The Morgan fingerprint density at radius 1 is 1.35 bits per heavy atom. The first-order chi connectivity index (χ1) is 10.8. The lowest BCUT2D eigenvalue weighted by atomic mass is 10.1. The molecule has 1 aromatic rings. The summed E-state index contributed by atoms with van der Waals surface area (Å²) >= 11 is 0. The number of nitrogens with zero attached hydrogens (tertiary/aromatic N) is 4. The molecule has 1 atom stereocenters. The standard InChI is InChI=1S/C17H24N4O2/c1-13(16(22)23-17(2,3)4)20-8-10-21(11-9-20)15-14(12-18)6-5-7-19-15/h5-7,13H,8-11H2,1-4H3/t13-/m0/s1. The van der Waals surface area contributed by atoms with E-state index in [-0.39, 0.29) is 12.0 Å². The van der Waals surface area contributed by atoms with Gasteiger partial charge in [-0.25, -0.2) is 4.98 Å². The van der Waals surface area contributed by atoms with E-state index in [1.807, 2.05) is 27.7 Å². The van der Waals surface area contributed by atoms with Gasteiger partial charge in [0.1, 0.15) is 23.5 Å². The highest BCUT2D eigenvalue weighted by molar-refractivity contribution is 5.75. The molecule has 0 bridgehead atoms. The molecule has 1 fully saturated rings. The first-order valence-electron chi connectivity index (χ1n) is 7.89. The molecule has 0 radical (unpaired) electrons. The summed E-state index contributed by atoms with van der Waals surface area (Å²) in [7, 11) is 0. The fourth-order valence-electron chi connectivity index (χ4n) is 2.59. The fraction of sp³-hybridized carbons (Fsp3) is 0.588. The lowest BCUT2D eigenvalue weighted by molar-refractivity contribution is -0.160. The average molecular weight is 316 g/mol. The van der Waals surface area contributed by atoms with Crippen LogP contribution in [0.4, 0.5) is 5.82 Å². The Morgan fingerprint density at radius 2 is 2.00 bits per heavy atom. The van der Waals surface area contributed by atoms with Crippen LogP contribution in [0.5, 0.6) is 0 Å². The van der Waals surface area contributed by atoms with Gasteiger partial charge in [0.2, 0.25) is 0 Å². The van der Waals surface area contributed by atoms with Crippen LogP contribution in [0, 0.1) is 11.3 Å². The third-order valence-electron chi connectivity index (χ3n) is 3.82. The number of ether oxygens (including phenoxy) is 1. The van der Waals surface area contributed by atoms with Crippen molar-refractivity contribution in [1.82, 2.24) is 9.88 Å². The second-order valence-corrected chi connectivity index (χ2v) is 6.72. The molecule has 0 unspecified atom stereocenters. The predicted molar refractivity (Wildman–Crippen MR) is 88.0 cm³/mol. The van der Waals surface area contributed by atoms with Crippen molar-refractivity contribution in [1.29, 1.82) is 5.26 Å². The van der Waals surface area contributed by atoms with Crippen LogP contribution in [-0.4, -0.2) is 53.7 Å². The molecule has 2 heterocycles. The number of esters is 1. The van der Waals surface area contributed by atoms with Gasteiger partial charge in [0.25, 0.3) is 0 Å². The Bertz CT molecular complexity index is 595. The van der Waals surface area contributed by atoms with Crippen LogP contribution in [0.1, 0.15) is 33.3 Å². The van der Waals surface area contributed by atoms with Crippen LogP contribution in [0.3, 0.4) is 0 Å². The number of aromatic nitrogens is 1. The summed E-state index contributed by atoms with van der Waals surface area (Å²) in [6.45, 7) is 10.5. The summed E-state index contributed by atoms with van der Waals surface area (Å²) in [4.78, 5) is 20.7. The molecule has 0 N–H and O–H groups in total. The van der Waals surface area contributed by atoms with E-state index < -0.39 is 5.60 Å². The molecule has 1 aliphatic rings. The first-order valence-corrected chi connectivity index (χ1v) is 7.89. The Balaban J connectivity index is 1.96. The van der Waals surface area contributed by atoms with Crippen LogP contribution in [0.25, 0.3) is 0 Å². The molecular weight excluding hydrogens is 292 g/mol. The fourth-order valence-corrected chi connectivity index (χ4v) is 2.59. The maximum absolute atomic E-state index is 12.2. The van der Waals surface area contributed by atoms with Gasteiger partial charge in [-0.3, -0.25) is 9.69 Å². The molecule has 1 aliphatic heterocycles. The van der Waals surface area contributed by atoms with Crippen molar-refractivity contribution < 1.29 is 9.53 Å². The van der Waals surface area contributed by atoms with Crippen LogP contribution < -0.4 is 4.90 Å². The van der Waals surface area contributed by atoms with Crippen molar-refractivity contribution in [3.8, 4) is 6.07 Å². The second-order valence-electron chi connectivity index (χ2n) is 6.72. The third kappa shape index (κ3) is 4.42. The molecule has 0 spiro atoms. The Labute approximate surface area is 137 Å². The zero-order valence-electron chi connectivity index (χ0n) is 14.2. The van der Waals surface area contributed by atoms with Gasteiger partial charge in [0.15, 0.2) is 0 Å². The van der Waals surface area contributed by atoms with Crippen LogP contribution in [-0.2, 0) is 9.53 Å².